The molecule has 0 radical (unpaired) electrons. The molecule has 4 rings (SSSR count). The average molecular weight is 303 g/mol. The van der Waals surface area contributed by atoms with Gasteiger partial charge in [0.2, 0.25) is 5.88 Å². The number of pyridine rings is 1. The first-order chi connectivity index (χ1) is 11.3. The van der Waals surface area contributed by atoms with Gasteiger partial charge < -0.3 is 4.74 Å². The molecule has 3 aromatic rings. The molecule has 0 bridgehead atoms. The highest BCUT2D eigenvalue weighted by Gasteiger charge is 2.21. The van der Waals surface area contributed by atoms with Crippen LogP contribution in [0.1, 0.15) is 17.7 Å². The maximum Gasteiger partial charge on any atom is 0.220 e. The number of ether oxygens (including phenoxy) is 1. The first-order valence-corrected chi connectivity index (χ1v) is 7.84. The molecule has 0 unspecified atom stereocenters. The number of nitrogens with zero attached hydrogens (tertiary/aromatic N) is 3. The molecule has 1 aromatic carbocycles. The Morgan fingerprint density at radius 1 is 0.913 bits per heavy atom. The molecule has 0 saturated carbocycles. The van der Waals surface area contributed by atoms with E-state index in [1.54, 1.807) is 0 Å². The Morgan fingerprint density at radius 2 is 1.78 bits per heavy atom. The van der Waals surface area contributed by atoms with Crippen LogP contribution in [-0.4, -0.2) is 21.6 Å². The first kappa shape index (κ1) is 13.9. The Labute approximate surface area is 135 Å². The van der Waals surface area contributed by atoms with E-state index in [1.807, 2.05) is 43.3 Å². The Balaban J connectivity index is 1.92. The number of aromatic nitrogens is 3. The summed E-state index contributed by atoms with van der Waals surface area (Å²) >= 11 is 0. The fraction of sp³-hybridized carbons (Fsp3) is 0.211. The van der Waals surface area contributed by atoms with Gasteiger partial charge in [-0.25, -0.2) is 9.97 Å². The van der Waals surface area contributed by atoms with Crippen molar-refractivity contribution in [3.05, 3.63) is 59.8 Å². The Morgan fingerprint density at radius 3 is 2.61 bits per heavy atom. The van der Waals surface area contributed by atoms with Crippen LogP contribution in [0.25, 0.3) is 22.8 Å². The van der Waals surface area contributed by atoms with Crippen molar-refractivity contribution in [2.45, 2.75) is 19.8 Å². The van der Waals surface area contributed by atoms with Gasteiger partial charge in [0, 0.05) is 16.8 Å². The molecule has 0 amide bonds. The molecule has 0 saturated heterocycles. The van der Waals surface area contributed by atoms with Crippen LogP contribution >= 0.6 is 0 Å². The topological polar surface area (TPSA) is 47.9 Å². The Bertz CT molecular complexity index is 846. The summed E-state index contributed by atoms with van der Waals surface area (Å²) < 4.78 is 5.80. The van der Waals surface area contributed by atoms with Gasteiger partial charge in [0.05, 0.1) is 12.3 Å². The van der Waals surface area contributed by atoms with Crippen molar-refractivity contribution in [2.75, 3.05) is 6.61 Å². The van der Waals surface area contributed by atoms with Gasteiger partial charge in [-0.3, -0.25) is 0 Å². The van der Waals surface area contributed by atoms with Gasteiger partial charge >= 0.3 is 0 Å². The molecule has 114 valence electrons. The highest BCUT2D eigenvalue weighted by Crippen LogP contribution is 2.33. The minimum atomic E-state index is 0.619. The van der Waals surface area contributed by atoms with Crippen molar-refractivity contribution in [1.82, 2.24) is 15.0 Å². The lowest BCUT2D eigenvalue weighted by Gasteiger charge is -2.19. The van der Waals surface area contributed by atoms with Crippen molar-refractivity contribution < 1.29 is 4.74 Å². The number of fused-ring (bicyclic) bond motifs is 1. The van der Waals surface area contributed by atoms with Gasteiger partial charge in [-0.15, -0.1) is 0 Å². The minimum Gasteiger partial charge on any atom is -0.477 e. The van der Waals surface area contributed by atoms with Crippen molar-refractivity contribution in [2.24, 2.45) is 0 Å². The second kappa shape index (κ2) is 5.80. The second-order valence-electron chi connectivity index (χ2n) is 5.66. The highest BCUT2D eigenvalue weighted by atomic mass is 16.5. The van der Waals surface area contributed by atoms with Crippen molar-refractivity contribution >= 4 is 0 Å². The van der Waals surface area contributed by atoms with Crippen LogP contribution in [0.4, 0.5) is 0 Å². The third-order valence-corrected chi connectivity index (χ3v) is 3.94. The molecule has 3 heterocycles. The van der Waals surface area contributed by atoms with Crippen LogP contribution in [0.15, 0.2) is 48.5 Å². The summed E-state index contributed by atoms with van der Waals surface area (Å²) in [6.45, 7) is 2.68. The second-order valence-corrected chi connectivity index (χ2v) is 5.66. The van der Waals surface area contributed by atoms with Gasteiger partial charge in [-0.2, -0.15) is 4.98 Å². The summed E-state index contributed by atoms with van der Waals surface area (Å²) in [7, 11) is 0. The lowest BCUT2D eigenvalue weighted by Crippen LogP contribution is -2.13. The van der Waals surface area contributed by atoms with E-state index in [2.05, 4.69) is 22.1 Å². The zero-order chi connectivity index (χ0) is 15.6. The monoisotopic (exact) mass is 303 g/mol. The zero-order valence-corrected chi connectivity index (χ0v) is 13.0. The molecular formula is C19H17N3O. The van der Waals surface area contributed by atoms with Crippen molar-refractivity contribution in [3.8, 4) is 28.7 Å². The molecular weight excluding hydrogens is 286 g/mol. The van der Waals surface area contributed by atoms with Gasteiger partial charge in [0.15, 0.2) is 5.82 Å². The molecule has 2 aromatic heterocycles. The van der Waals surface area contributed by atoms with E-state index >= 15 is 0 Å². The van der Waals surface area contributed by atoms with Crippen LogP contribution in [0.2, 0.25) is 0 Å². The van der Waals surface area contributed by atoms with E-state index in [4.69, 9.17) is 9.72 Å². The summed E-state index contributed by atoms with van der Waals surface area (Å²) in [4.78, 5) is 14.0. The number of rotatable bonds is 2. The van der Waals surface area contributed by atoms with Gasteiger partial charge in [-0.1, -0.05) is 36.4 Å². The fourth-order valence-corrected chi connectivity index (χ4v) is 2.84. The standard InChI is InChI=1S/C19H17N3O/c1-13-7-5-11-16(20-13)18-21-17(14-8-3-2-4-9-14)15-10-6-12-23-19(15)22-18/h2-5,7-9,11H,6,10,12H2,1H3. The summed E-state index contributed by atoms with van der Waals surface area (Å²) in [6, 6.07) is 16.1. The van der Waals surface area contributed by atoms with Crippen LogP contribution in [0, 0.1) is 6.92 Å². The van der Waals surface area contributed by atoms with E-state index < -0.39 is 0 Å². The largest absolute Gasteiger partial charge is 0.477 e. The number of hydrogen-bond donors (Lipinski definition) is 0. The summed E-state index contributed by atoms with van der Waals surface area (Å²) in [6.07, 6.45) is 1.94. The normalized spacial score (nSPS) is 13.3. The molecule has 0 aliphatic carbocycles. The maximum absolute atomic E-state index is 5.80. The quantitative estimate of drug-likeness (QED) is 0.721. The third-order valence-electron chi connectivity index (χ3n) is 3.94. The summed E-state index contributed by atoms with van der Waals surface area (Å²) in [5.41, 5.74) is 4.86. The zero-order valence-electron chi connectivity index (χ0n) is 13.0. The summed E-state index contributed by atoms with van der Waals surface area (Å²) in [5.74, 6) is 1.32. The van der Waals surface area contributed by atoms with Gasteiger partial charge in [0.1, 0.15) is 5.69 Å². The molecule has 0 spiro atoms. The lowest BCUT2D eigenvalue weighted by atomic mass is 10.0. The average Bonchev–Trinajstić information content (AvgIpc) is 2.61. The number of hydrogen-bond acceptors (Lipinski definition) is 4. The molecule has 1 aliphatic heterocycles. The summed E-state index contributed by atoms with van der Waals surface area (Å²) in [5, 5.41) is 0. The van der Waals surface area contributed by atoms with E-state index in [0.717, 1.165) is 41.1 Å². The molecule has 0 N–H and O–H groups in total. The van der Waals surface area contributed by atoms with Crippen molar-refractivity contribution in [1.29, 1.82) is 0 Å². The molecule has 23 heavy (non-hydrogen) atoms. The van der Waals surface area contributed by atoms with Crippen LogP contribution in [-0.2, 0) is 6.42 Å². The maximum atomic E-state index is 5.80. The van der Waals surface area contributed by atoms with E-state index in [0.29, 0.717) is 18.3 Å². The first-order valence-electron chi connectivity index (χ1n) is 7.84. The van der Waals surface area contributed by atoms with Crippen molar-refractivity contribution in [3.63, 3.8) is 0 Å². The molecule has 4 nitrogen and oxygen atoms in total. The predicted molar refractivity (Wildman–Crippen MR) is 89.3 cm³/mol. The van der Waals surface area contributed by atoms with Crippen LogP contribution in [0.3, 0.4) is 0 Å². The molecule has 1 aliphatic rings. The minimum absolute atomic E-state index is 0.619. The number of aryl methyl sites for hydroxylation is 1. The van der Waals surface area contributed by atoms with Gasteiger partial charge in [-0.05, 0) is 31.9 Å². The fourth-order valence-electron chi connectivity index (χ4n) is 2.84. The van der Waals surface area contributed by atoms with Gasteiger partial charge in [0.25, 0.3) is 0 Å². The lowest BCUT2D eigenvalue weighted by molar-refractivity contribution is 0.276. The Kier molecular flexibility index (Phi) is 3.50. The van der Waals surface area contributed by atoms with E-state index in [9.17, 15) is 0 Å². The predicted octanol–water partition coefficient (Wildman–Crippen LogP) is 3.84. The third kappa shape index (κ3) is 2.68. The van der Waals surface area contributed by atoms with E-state index in [1.165, 1.54) is 0 Å². The molecule has 4 heteroatoms. The van der Waals surface area contributed by atoms with Crippen LogP contribution in [0.5, 0.6) is 5.88 Å². The SMILES string of the molecule is Cc1cccc(-c2nc3c(c(-c4ccccc4)n2)CCCO3)n1. The molecule has 0 fully saturated rings. The Hall–Kier alpha value is -2.75. The van der Waals surface area contributed by atoms with E-state index in [-0.39, 0.29) is 0 Å². The molecule has 0 atom stereocenters. The number of benzene rings is 1. The van der Waals surface area contributed by atoms with Crippen LogP contribution < -0.4 is 4.74 Å². The highest BCUT2D eigenvalue weighted by molar-refractivity contribution is 5.68. The smallest absolute Gasteiger partial charge is 0.220 e.